The molecule has 0 amide bonds. The molecule has 0 spiro atoms. The Morgan fingerprint density at radius 3 is 2.36 bits per heavy atom. The van der Waals surface area contributed by atoms with Crippen molar-refractivity contribution in [3.8, 4) is 0 Å². The Labute approximate surface area is 153 Å². The van der Waals surface area contributed by atoms with Crippen molar-refractivity contribution in [2.75, 3.05) is 45.9 Å². The van der Waals surface area contributed by atoms with E-state index < -0.39 is 10.0 Å². The fourth-order valence-corrected chi connectivity index (χ4v) is 4.47. The van der Waals surface area contributed by atoms with E-state index in [9.17, 15) is 8.42 Å². The van der Waals surface area contributed by atoms with Gasteiger partial charge >= 0.3 is 0 Å². The molecule has 1 aliphatic rings. The van der Waals surface area contributed by atoms with E-state index in [0.29, 0.717) is 18.0 Å². The van der Waals surface area contributed by atoms with E-state index in [2.05, 4.69) is 11.8 Å². The van der Waals surface area contributed by atoms with E-state index in [1.54, 1.807) is 16.4 Å². The monoisotopic (exact) mass is 368 g/mol. The van der Waals surface area contributed by atoms with Gasteiger partial charge in [-0.25, -0.2) is 8.42 Å². The van der Waals surface area contributed by atoms with Gasteiger partial charge in [-0.15, -0.1) is 0 Å². The summed E-state index contributed by atoms with van der Waals surface area (Å²) in [7, 11) is -3.43. The lowest BCUT2D eigenvalue weighted by Gasteiger charge is -2.29. The van der Waals surface area contributed by atoms with E-state index in [4.69, 9.17) is 4.74 Å². The highest BCUT2D eigenvalue weighted by atomic mass is 32.2. The summed E-state index contributed by atoms with van der Waals surface area (Å²) in [6.45, 7) is 9.28. The van der Waals surface area contributed by atoms with E-state index in [1.807, 2.05) is 19.1 Å². The number of morpholine rings is 1. The van der Waals surface area contributed by atoms with E-state index in [-0.39, 0.29) is 0 Å². The molecular weight excluding hydrogens is 336 g/mol. The molecule has 0 unspecified atom stereocenters. The Morgan fingerprint density at radius 1 is 1.04 bits per heavy atom. The lowest BCUT2D eigenvalue weighted by atomic mass is 10.2. The van der Waals surface area contributed by atoms with Crippen LogP contribution in [0.4, 0.5) is 0 Å². The van der Waals surface area contributed by atoms with Gasteiger partial charge in [0.2, 0.25) is 10.0 Å². The first-order valence-electron chi connectivity index (χ1n) is 9.41. The minimum atomic E-state index is -3.43. The highest BCUT2D eigenvalue weighted by molar-refractivity contribution is 7.89. The summed E-state index contributed by atoms with van der Waals surface area (Å²) in [4.78, 5) is 2.68. The first-order chi connectivity index (χ1) is 12.0. The Morgan fingerprint density at radius 2 is 1.72 bits per heavy atom. The third-order valence-corrected chi connectivity index (χ3v) is 6.60. The molecule has 6 heteroatoms. The van der Waals surface area contributed by atoms with Crippen LogP contribution in [0.1, 0.15) is 38.2 Å². The largest absolute Gasteiger partial charge is 0.379 e. The van der Waals surface area contributed by atoms with Crippen LogP contribution < -0.4 is 0 Å². The van der Waals surface area contributed by atoms with E-state index in [1.165, 1.54) is 0 Å². The molecular formula is C19H32N2O3S. The van der Waals surface area contributed by atoms with Gasteiger partial charge in [-0.3, -0.25) is 4.90 Å². The number of benzene rings is 1. The van der Waals surface area contributed by atoms with Gasteiger partial charge in [0, 0.05) is 32.7 Å². The Hall–Kier alpha value is -0.950. The van der Waals surface area contributed by atoms with Crippen LogP contribution in [0.15, 0.2) is 29.2 Å². The van der Waals surface area contributed by atoms with Gasteiger partial charge in [-0.1, -0.05) is 43.9 Å². The predicted octanol–water partition coefficient (Wildman–Crippen LogP) is 2.90. The maximum Gasteiger partial charge on any atom is 0.243 e. The molecule has 1 saturated heterocycles. The molecule has 1 aromatic rings. The molecule has 0 aromatic heterocycles. The van der Waals surface area contributed by atoms with Gasteiger partial charge in [-0.2, -0.15) is 4.31 Å². The molecule has 0 saturated carbocycles. The summed E-state index contributed by atoms with van der Waals surface area (Å²) in [6, 6.07) is 7.17. The Bertz CT molecular complexity index is 596. The highest BCUT2D eigenvalue weighted by Gasteiger charge is 2.24. The first-order valence-corrected chi connectivity index (χ1v) is 10.8. The van der Waals surface area contributed by atoms with Crippen LogP contribution in [0.3, 0.4) is 0 Å². The zero-order valence-corrected chi connectivity index (χ0v) is 16.4. The van der Waals surface area contributed by atoms with Crippen LogP contribution >= 0.6 is 0 Å². The van der Waals surface area contributed by atoms with Crippen LogP contribution in [0, 0.1) is 6.92 Å². The highest BCUT2D eigenvalue weighted by Crippen LogP contribution is 2.17. The molecule has 0 aliphatic carbocycles. The topological polar surface area (TPSA) is 49.9 Å². The maximum atomic E-state index is 13.1. The van der Waals surface area contributed by atoms with Crippen molar-refractivity contribution in [2.45, 2.75) is 44.4 Å². The summed E-state index contributed by atoms with van der Waals surface area (Å²) >= 11 is 0. The SMILES string of the molecule is CCCCCCN(CCN1CCOCC1)S(=O)(=O)c1ccc(C)cc1. The average Bonchev–Trinajstić information content (AvgIpc) is 2.62. The van der Waals surface area contributed by atoms with Crippen LogP contribution in [-0.4, -0.2) is 63.6 Å². The van der Waals surface area contributed by atoms with Crippen molar-refractivity contribution < 1.29 is 13.2 Å². The van der Waals surface area contributed by atoms with Crippen LogP contribution in [0.25, 0.3) is 0 Å². The molecule has 25 heavy (non-hydrogen) atoms. The fraction of sp³-hybridized carbons (Fsp3) is 0.684. The van der Waals surface area contributed by atoms with Gasteiger partial charge in [0.25, 0.3) is 0 Å². The minimum Gasteiger partial charge on any atom is -0.379 e. The number of ether oxygens (including phenoxy) is 1. The van der Waals surface area contributed by atoms with E-state index in [0.717, 1.165) is 64.1 Å². The summed E-state index contributed by atoms with van der Waals surface area (Å²) < 4.78 is 33.2. The molecule has 0 bridgehead atoms. The summed E-state index contributed by atoms with van der Waals surface area (Å²) in [5.74, 6) is 0. The normalized spacial score (nSPS) is 16.4. The standard InChI is InChI=1S/C19H32N2O3S/c1-3-4-5-6-11-21(13-12-20-14-16-24-17-15-20)25(22,23)19-9-7-18(2)8-10-19/h7-10H,3-6,11-17H2,1-2H3. The molecule has 1 aliphatic heterocycles. The lowest BCUT2D eigenvalue weighted by molar-refractivity contribution is 0.0362. The van der Waals surface area contributed by atoms with Crippen molar-refractivity contribution in [1.29, 1.82) is 0 Å². The van der Waals surface area contributed by atoms with Gasteiger partial charge in [-0.05, 0) is 25.5 Å². The molecule has 1 fully saturated rings. The third kappa shape index (κ3) is 6.37. The molecule has 1 aromatic carbocycles. The molecule has 0 atom stereocenters. The number of hydrogen-bond acceptors (Lipinski definition) is 4. The summed E-state index contributed by atoms with van der Waals surface area (Å²) in [6.07, 6.45) is 4.30. The lowest BCUT2D eigenvalue weighted by Crippen LogP contribution is -2.43. The quantitative estimate of drug-likeness (QED) is 0.596. The molecule has 142 valence electrons. The molecule has 1 heterocycles. The second kappa shape index (κ2) is 10.3. The van der Waals surface area contributed by atoms with Crippen molar-refractivity contribution in [3.63, 3.8) is 0 Å². The second-order valence-corrected chi connectivity index (χ2v) is 8.67. The fourth-order valence-electron chi connectivity index (χ4n) is 3.00. The minimum absolute atomic E-state index is 0.399. The third-order valence-electron chi connectivity index (χ3n) is 4.69. The average molecular weight is 369 g/mol. The first kappa shape index (κ1) is 20.4. The number of rotatable bonds is 10. The zero-order chi connectivity index (χ0) is 18.1. The van der Waals surface area contributed by atoms with Gasteiger partial charge in [0.05, 0.1) is 18.1 Å². The number of nitrogens with zero attached hydrogens (tertiary/aromatic N) is 2. The zero-order valence-electron chi connectivity index (χ0n) is 15.6. The number of hydrogen-bond donors (Lipinski definition) is 0. The molecule has 0 N–H and O–H groups in total. The molecule has 5 nitrogen and oxygen atoms in total. The van der Waals surface area contributed by atoms with Crippen LogP contribution in [0.2, 0.25) is 0 Å². The molecule has 2 rings (SSSR count). The Balaban J connectivity index is 2.04. The Kier molecular flexibility index (Phi) is 8.36. The summed E-state index contributed by atoms with van der Waals surface area (Å²) in [5, 5.41) is 0. The summed E-state index contributed by atoms with van der Waals surface area (Å²) in [5.41, 5.74) is 1.07. The number of aryl methyl sites for hydroxylation is 1. The van der Waals surface area contributed by atoms with Gasteiger partial charge in [0.1, 0.15) is 0 Å². The van der Waals surface area contributed by atoms with Crippen molar-refractivity contribution >= 4 is 10.0 Å². The number of unbranched alkanes of at least 4 members (excludes halogenated alkanes) is 3. The van der Waals surface area contributed by atoms with Crippen molar-refractivity contribution in [1.82, 2.24) is 9.21 Å². The number of sulfonamides is 1. The van der Waals surface area contributed by atoms with Gasteiger partial charge < -0.3 is 4.74 Å². The predicted molar refractivity (Wildman–Crippen MR) is 101 cm³/mol. The van der Waals surface area contributed by atoms with Crippen LogP contribution in [0.5, 0.6) is 0 Å². The molecule has 0 radical (unpaired) electrons. The van der Waals surface area contributed by atoms with Gasteiger partial charge in [0.15, 0.2) is 0 Å². The smallest absolute Gasteiger partial charge is 0.243 e. The van der Waals surface area contributed by atoms with Crippen LogP contribution in [-0.2, 0) is 14.8 Å². The van der Waals surface area contributed by atoms with Crippen molar-refractivity contribution in [2.24, 2.45) is 0 Å². The van der Waals surface area contributed by atoms with Crippen molar-refractivity contribution in [3.05, 3.63) is 29.8 Å². The second-order valence-electron chi connectivity index (χ2n) is 6.73. The van der Waals surface area contributed by atoms with E-state index >= 15 is 0 Å². The maximum absolute atomic E-state index is 13.1.